The van der Waals surface area contributed by atoms with Crippen LogP contribution >= 0.6 is 0 Å². The quantitative estimate of drug-likeness (QED) is 0.688. The minimum Gasteiger partial charge on any atom is -0.256 e. The molecular formula is C23H28N2. The molecule has 0 unspecified atom stereocenters. The van der Waals surface area contributed by atoms with E-state index in [9.17, 15) is 0 Å². The van der Waals surface area contributed by atoms with Crippen molar-refractivity contribution >= 4 is 12.2 Å². The van der Waals surface area contributed by atoms with Crippen LogP contribution in [0.25, 0.3) is 12.2 Å². The van der Waals surface area contributed by atoms with Gasteiger partial charge in [0.05, 0.1) is 11.4 Å². The summed E-state index contributed by atoms with van der Waals surface area (Å²) in [6.45, 7) is 10.9. The number of pyridine rings is 2. The fourth-order valence-electron chi connectivity index (χ4n) is 3.34. The summed E-state index contributed by atoms with van der Waals surface area (Å²) in [5.74, 6) is 1.17. The van der Waals surface area contributed by atoms with E-state index in [0.717, 1.165) is 18.5 Å². The summed E-state index contributed by atoms with van der Waals surface area (Å²) in [6, 6.07) is 4.58. The summed E-state index contributed by atoms with van der Waals surface area (Å²) < 4.78 is 0. The molecule has 4 rings (SSSR count). The van der Waals surface area contributed by atoms with Crippen LogP contribution in [0.2, 0.25) is 0 Å². The SMILES string of the molecule is CC(C)c1cnc2c(c1)CC=C2.Cc1nc2c(cc1C(C)C)CC=C2. The second kappa shape index (κ2) is 7.35. The molecule has 2 aromatic rings. The van der Waals surface area contributed by atoms with E-state index < -0.39 is 0 Å². The topological polar surface area (TPSA) is 25.8 Å². The van der Waals surface area contributed by atoms with E-state index in [0.29, 0.717) is 11.8 Å². The van der Waals surface area contributed by atoms with Crippen LogP contribution in [0, 0.1) is 6.92 Å². The molecule has 0 atom stereocenters. The maximum absolute atomic E-state index is 4.59. The third-order valence-electron chi connectivity index (χ3n) is 4.90. The summed E-state index contributed by atoms with van der Waals surface area (Å²) in [5, 5.41) is 0. The normalized spacial score (nSPS) is 13.9. The van der Waals surface area contributed by atoms with E-state index in [-0.39, 0.29) is 0 Å². The molecule has 2 aromatic heterocycles. The monoisotopic (exact) mass is 332 g/mol. The molecule has 0 fully saturated rings. The Balaban J connectivity index is 0.000000146. The Kier molecular flexibility index (Phi) is 5.17. The first-order chi connectivity index (χ1) is 12.0. The number of rotatable bonds is 2. The Labute approximate surface area is 151 Å². The highest BCUT2D eigenvalue weighted by molar-refractivity contribution is 5.57. The van der Waals surface area contributed by atoms with Gasteiger partial charge in [0.1, 0.15) is 0 Å². The predicted molar refractivity (Wildman–Crippen MR) is 107 cm³/mol. The van der Waals surface area contributed by atoms with E-state index >= 15 is 0 Å². The Hall–Kier alpha value is -2.22. The first kappa shape index (κ1) is 17.6. The van der Waals surface area contributed by atoms with Crippen LogP contribution in [0.3, 0.4) is 0 Å². The summed E-state index contributed by atoms with van der Waals surface area (Å²) in [4.78, 5) is 8.98. The molecule has 0 aliphatic heterocycles. The van der Waals surface area contributed by atoms with Gasteiger partial charge in [0.25, 0.3) is 0 Å². The van der Waals surface area contributed by atoms with Crippen LogP contribution in [-0.4, -0.2) is 9.97 Å². The van der Waals surface area contributed by atoms with Crippen molar-refractivity contribution in [3.05, 3.63) is 69.8 Å². The van der Waals surface area contributed by atoms with E-state index in [1.54, 1.807) is 0 Å². The van der Waals surface area contributed by atoms with E-state index in [1.807, 2.05) is 6.20 Å². The molecule has 0 bridgehead atoms. The van der Waals surface area contributed by atoms with Crippen LogP contribution < -0.4 is 0 Å². The van der Waals surface area contributed by atoms with Crippen LogP contribution in [0.5, 0.6) is 0 Å². The minimum absolute atomic E-state index is 0.582. The largest absolute Gasteiger partial charge is 0.256 e. The number of fused-ring (bicyclic) bond motifs is 2. The molecule has 2 aliphatic rings. The number of aromatic nitrogens is 2. The summed E-state index contributed by atoms with van der Waals surface area (Å²) in [7, 11) is 0. The zero-order chi connectivity index (χ0) is 18.0. The third-order valence-corrected chi connectivity index (χ3v) is 4.90. The van der Waals surface area contributed by atoms with Crippen molar-refractivity contribution in [1.82, 2.24) is 9.97 Å². The van der Waals surface area contributed by atoms with Crippen LogP contribution in [0.4, 0.5) is 0 Å². The first-order valence-electron chi connectivity index (χ1n) is 9.28. The highest BCUT2D eigenvalue weighted by Gasteiger charge is 2.12. The Morgan fingerprint density at radius 2 is 1.48 bits per heavy atom. The number of aryl methyl sites for hydroxylation is 1. The predicted octanol–water partition coefficient (Wildman–Crippen LogP) is 5.86. The second-order valence-corrected chi connectivity index (χ2v) is 7.54. The van der Waals surface area contributed by atoms with Crippen LogP contribution in [0.1, 0.15) is 78.9 Å². The lowest BCUT2D eigenvalue weighted by molar-refractivity contribution is 0.838. The fourth-order valence-corrected chi connectivity index (χ4v) is 3.34. The number of hydrogen-bond donors (Lipinski definition) is 0. The molecule has 0 amide bonds. The smallest absolute Gasteiger partial charge is 0.0665 e. The van der Waals surface area contributed by atoms with E-state index in [4.69, 9.17) is 0 Å². The number of allylic oxidation sites excluding steroid dienone is 2. The van der Waals surface area contributed by atoms with E-state index in [2.05, 4.69) is 81.0 Å². The van der Waals surface area contributed by atoms with Crippen LogP contribution in [-0.2, 0) is 12.8 Å². The lowest BCUT2D eigenvalue weighted by Gasteiger charge is -2.11. The lowest BCUT2D eigenvalue weighted by Crippen LogP contribution is -1.99. The first-order valence-corrected chi connectivity index (χ1v) is 9.28. The molecular weight excluding hydrogens is 304 g/mol. The van der Waals surface area contributed by atoms with Gasteiger partial charge < -0.3 is 0 Å². The van der Waals surface area contributed by atoms with Gasteiger partial charge in [-0.25, -0.2) is 0 Å². The van der Waals surface area contributed by atoms with Crippen molar-refractivity contribution in [3.63, 3.8) is 0 Å². The summed E-state index contributed by atoms with van der Waals surface area (Å²) in [6.07, 6.45) is 12.7. The highest BCUT2D eigenvalue weighted by atomic mass is 14.7. The Morgan fingerprint density at radius 3 is 2.12 bits per heavy atom. The Bertz CT molecular complexity index is 826. The molecule has 0 aromatic carbocycles. The van der Waals surface area contributed by atoms with Gasteiger partial charge in [0.15, 0.2) is 0 Å². The average Bonchev–Trinajstić information content (AvgIpc) is 3.21. The molecule has 2 heteroatoms. The number of hydrogen-bond acceptors (Lipinski definition) is 2. The van der Waals surface area contributed by atoms with Gasteiger partial charge in [0.2, 0.25) is 0 Å². The molecule has 0 radical (unpaired) electrons. The fraction of sp³-hybridized carbons (Fsp3) is 0.391. The van der Waals surface area contributed by atoms with Gasteiger partial charge in [-0.05, 0) is 66.0 Å². The van der Waals surface area contributed by atoms with Crippen molar-refractivity contribution in [2.45, 2.75) is 59.3 Å². The van der Waals surface area contributed by atoms with Gasteiger partial charge in [-0.2, -0.15) is 0 Å². The molecule has 0 saturated carbocycles. The van der Waals surface area contributed by atoms with Crippen LogP contribution in [0.15, 0.2) is 30.5 Å². The van der Waals surface area contributed by atoms with Gasteiger partial charge in [-0.1, -0.05) is 52.0 Å². The molecule has 0 N–H and O–H groups in total. The zero-order valence-corrected chi connectivity index (χ0v) is 16.0. The lowest BCUT2D eigenvalue weighted by atomic mass is 9.99. The maximum Gasteiger partial charge on any atom is 0.0665 e. The zero-order valence-electron chi connectivity index (χ0n) is 16.0. The molecule has 2 heterocycles. The van der Waals surface area contributed by atoms with E-state index in [1.165, 1.54) is 33.6 Å². The van der Waals surface area contributed by atoms with Crippen molar-refractivity contribution in [1.29, 1.82) is 0 Å². The van der Waals surface area contributed by atoms with Crippen molar-refractivity contribution in [3.8, 4) is 0 Å². The van der Waals surface area contributed by atoms with Gasteiger partial charge in [0, 0.05) is 11.9 Å². The summed E-state index contributed by atoms with van der Waals surface area (Å²) in [5.41, 5.74) is 9.00. The maximum atomic E-state index is 4.59. The summed E-state index contributed by atoms with van der Waals surface area (Å²) >= 11 is 0. The molecule has 2 aliphatic carbocycles. The minimum atomic E-state index is 0.582. The van der Waals surface area contributed by atoms with Gasteiger partial charge in [-0.3, -0.25) is 9.97 Å². The van der Waals surface area contributed by atoms with Crippen molar-refractivity contribution in [2.75, 3.05) is 0 Å². The molecule has 0 spiro atoms. The molecule has 0 saturated heterocycles. The molecule has 25 heavy (non-hydrogen) atoms. The van der Waals surface area contributed by atoms with Gasteiger partial charge in [-0.15, -0.1) is 0 Å². The average molecular weight is 332 g/mol. The highest BCUT2D eigenvalue weighted by Crippen LogP contribution is 2.25. The van der Waals surface area contributed by atoms with Gasteiger partial charge >= 0.3 is 0 Å². The third kappa shape index (κ3) is 3.89. The Morgan fingerprint density at radius 1 is 0.840 bits per heavy atom. The van der Waals surface area contributed by atoms with Crippen molar-refractivity contribution in [2.24, 2.45) is 0 Å². The number of nitrogens with zero attached hydrogens (tertiary/aromatic N) is 2. The molecule has 2 nitrogen and oxygen atoms in total. The standard InChI is InChI=1S/C12H15N.C11H13N/c1-8(2)11-7-10-5-4-6-12(10)13-9(11)3;1-8(2)10-6-9-4-3-5-11(9)12-7-10/h4,6-8H,5H2,1-3H3;3,5-8H,4H2,1-2H3. The molecule has 130 valence electrons. The second-order valence-electron chi connectivity index (χ2n) is 7.54. The van der Waals surface area contributed by atoms with Crippen molar-refractivity contribution < 1.29 is 0 Å².